The van der Waals surface area contributed by atoms with Crippen LogP contribution in [0.25, 0.3) is 22.6 Å². The minimum Gasteiger partial charge on any atom is -0.612 e. The molecule has 4 rings (SSSR count). The van der Waals surface area contributed by atoms with Crippen LogP contribution in [0.3, 0.4) is 0 Å². The first kappa shape index (κ1) is 17.2. The summed E-state index contributed by atoms with van der Waals surface area (Å²) in [4.78, 5) is 17.4. The van der Waals surface area contributed by atoms with Gasteiger partial charge in [0, 0.05) is 41.8 Å². The Morgan fingerprint density at radius 2 is 1.88 bits per heavy atom. The Morgan fingerprint density at radius 3 is 2.69 bits per heavy atom. The number of H-pyrrole nitrogens is 1. The van der Waals surface area contributed by atoms with E-state index in [1.165, 1.54) is 37.8 Å². The van der Waals surface area contributed by atoms with Crippen molar-refractivity contribution < 1.29 is 4.55 Å². The van der Waals surface area contributed by atoms with Crippen molar-refractivity contribution in [2.45, 2.75) is 42.9 Å². The fourth-order valence-corrected chi connectivity index (χ4v) is 4.06. The summed E-state index contributed by atoms with van der Waals surface area (Å²) in [6.07, 6.45) is 15.2. The Hall–Kier alpha value is -2.18. The number of aromatic nitrogens is 4. The molecule has 0 radical (unpaired) electrons. The van der Waals surface area contributed by atoms with E-state index in [1.807, 2.05) is 24.4 Å². The molecule has 0 amide bonds. The van der Waals surface area contributed by atoms with Gasteiger partial charge in [0.15, 0.2) is 10.7 Å². The Kier molecular flexibility index (Phi) is 5.04. The van der Waals surface area contributed by atoms with Gasteiger partial charge in [-0.05, 0) is 41.7 Å². The fraction of sp³-hybridized carbons (Fsp3) is 0.350. The first-order valence-electron chi connectivity index (χ1n) is 9.01. The maximum atomic E-state index is 11.7. The Labute approximate surface area is 156 Å². The van der Waals surface area contributed by atoms with E-state index in [0.29, 0.717) is 5.92 Å². The van der Waals surface area contributed by atoms with Gasteiger partial charge in [0.05, 0.1) is 6.20 Å². The molecule has 6 heteroatoms. The molecule has 3 aromatic heterocycles. The first-order valence-corrected chi connectivity index (χ1v) is 10.6. The van der Waals surface area contributed by atoms with E-state index in [2.05, 4.69) is 19.9 Å². The standard InChI is InChI=1S/C20H22N4OS/c1-26(25)17-9-16(11-21-12-17)15-7-8-22-18(10-15)20-23-13-19(24-20)14-5-3-2-4-6-14/h7-14H,2-6H2,1H3,(H,23,24). The highest BCUT2D eigenvalue weighted by Gasteiger charge is 2.18. The minimum absolute atomic E-state index is 0.591. The zero-order valence-corrected chi connectivity index (χ0v) is 15.6. The van der Waals surface area contributed by atoms with Gasteiger partial charge < -0.3 is 9.54 Å². The van der Waals surface area contributed by atoms with Crippen LogP contribution in [-0.4, -0.2) is 30.7 Å². The summed E-state index contributed by atoms with van der Waals surface area (Å²) in [6.45, 7) is 0. The Balaban J connectivity index is 1.62. The second-order valence-electron chi connectivity index (χ2n) is 6.82. The average molecular weight is 366 g/mol. The molecule has 3 aromatic rings. The lowest BCUT2D eigenvalue weighted by Gasteiger charge is -2.19. The van der Waals surface area contributed by atoms with Crippen molar-refractivity contribution >= 4 is 11.2 Å². The van der Waals surface area contributed by atoms with Crippen LogP contribution in [0.2, 0.25) is 0 Å². The lowest BCUT2D eigenvalue weighted by Crippen LogP contribution is -2.04. The normalized spacial score (nSPS) is 16.5. The number of aromatic amines is 1. The molecule has 0 spiro atoms. The number of imidazole rings is 1. The molecular formula is C20H22N4OS. The van der Waals surface area contributed by atoms with Gasteiger partial charge in [-0.2, -0.15) is 0 Å². The molecule has 1 aliphatic carbocycles. The van der Waals surface area contributed by atoms with Crippen molar-refractivity contribution in [3.8, 4) is 22.6 Å². The summed E-state index contributed by atoms with van der Waals surface area (Å²) in [5.41, 5.74) is 3.95. The van der Waals surface area contributed by atoms with Crippen LogP contribution in [0.15, 0.2) is 47.9 Å². The maximum Gasteiger partial charge on any atom is 0.171 e. The van der Waals surface area contributed by atoms with Crippen LogP contribution in [0.4, 0.5) is 0 Å². The number of rotatable bonds is 4. The number of hydrogen-bond acceptors (Lipinski definition) is 4. The molecule has 134 valence electrons. The molecule has 1 saturated carbocycles. The monoisotopic (exact) mass is 366 g/mol. The second-order valence-corrected chi connectivity index (χ2v) is 8.19. The SMILES string of the molecule is C[S+]([O-])c1cncc(-c2ccnc(-c3ncc(C4CCCCC4)[nH]3)c2)c1. The molecule has 5 nitrogen and oxygen atoms in total. The molecule has 0 bridgehead atoms. The third-order valence-corrected chi connectivity index (χ3v) is 5.91. The van der Waals surface area contributed by atoms with Crippen LogP contribution in [0.5, 0.6) is 0 Å². The minimum atomic E-state index is -1.05. The van der Waals surface area contributed by atoms with Gasteiger partial charge in [-0.25, -0.2) is 4.98 Å². The zero-order chi connectivity index (χ0) is 17.9. The van der Waals surface area contributed by atoms with Crippen molar-refractivity contribution in [2.24, 2.45) is 0 Å². The number of hydrogen-bond donors (Lipinski definition) is 1. The van der Waals surface area contributed by atoms with E-state index in [0.717, 1.165) is 27.5 Å². The molecular weight excluding hydrogens is 344 g/mol. The van der Waals surface area contributed by atoms with Crippen molar-refractivity contribution in [1.29, 1.82) is 0 Å². The summed E-state index contributed by atoms with van der Waals surface area (Å²) >= 11 is -1.05. The van der Waals surface area contributed by atoms with E-state index < -0.39 is 11.2 Å². The van der Waals surface area contributed by atoms with Crippen molar-refractivity contribution in [1.82, 2.24) is 19.9 Å². The molecule has 1 aliphatic rings. The first-order chi connectivity index (χ1) is 12.7. The molecule has 1 atom stereocenters. The third-order valence-electron chi connectivity index (χ3n) is 5.02. The largest absolute Gasteiger partial charge is 0.612 e. The molecule has 1 unspecified atom stereocenters. The van der Waals surface area contributed by atoms with Crippen molar-refractivity contribution in [3.05, 3.63) is 48.7 Å². The molecule has 1 fully saturated rings. The summed E-state index contributed by atoms with van der Waals surface area (Å²) < 4.78 is 11.7. The predicted molar refractivity (Wildman–Crippen MR) is 103 cm³/mol. The van der Waals surface area contributed by atoms with E-state index in [4.69, 9.17) is 0 Å². The van der Waals surface area contributed by atoms with Gasteiger partial charge in [-0.15, -0.1) is 0 Å². The molecule has 26 heavy (non-hydrogen) atoms. The highest BCUT2D eigenvalue weighted by molar-refractivity contribution is 7.90. The molecule has 3 heterocycles. The van der Waals surface area contributed by atoms with Gasteiger partial charge in [-0.3, -0.25) is 9.97 Å². The highest BCUT2D eigenvalue weighted by Crippen LogP contribution is 2.32. The maximum absolute atomic E-state index is 11.7. The van der Waals surface area contributed by atoms with Gasteiger partial charge in [0.2, 0.25) is 0 Å². The lowest BCUT2D eigenvalue weighted by atomic mass is 9.87. The predicted octanol–water partition coefficient (Wildman–Crippen LogP) is 4.32. The lowest BCUT2D eigenvalue weighted by molar-refractivity contribution is 0.438. The van der Waals surface area contributed by atoms with E-state index in [9.17, 15) is 4.55 Å². The van der Waals surface area contributed by atoms with Crippen LogP contribution in [0, 0.1) is 0 Å². The van der Waals surface area contributed by atoms with Gasteiger partial charge in [0.1, 0.15) is 11.9 Å². The summed E-state index contributed by atoms with van der Waals surface area (Å²) in [7, 11) is 0. The summed E-state index contributed by atoms with van der Waals surface area (Å²) in [5.74, 6) is 1.39. The third kappa shape index (κ3) is 3.66. The van der Waals surface area contributed by atoms with Gasteiger partial charge in [0.25, 0.3) is 0 Å². The topological polar surface area (TPSA) is 77.5 Å². The second kappa shape index (κ2) is 7.60. The Morgan fingerprint density at radius 1 is 1.04 bits per heavy atom. The summed E-state index contributed by atoms with van der Waals surface area (Å²) in [5, 5.41) is 0. The van der Waals surface area contributed by atoms with Crippen LogP contribution in [0.1, 0.15) is 43.7 Å². The average Bonchev–Trinajstić information content (AvgIpc) is 3.19. The molecule has 0 aromatic carbocycles. The molecule has 0 aliphatic heterocycles. The van der Waals surface area contributed by atoms with Crippen LogP contribution >= 0.6 is 0 Å². The fourth-order valence-electron chi connectivity index (χ4n) is 3.56. The molecule has 1 N–H and O–H groups in total. The van der Waals surface area contributed by atoms with Crippen molar-refractivity contribution in [2.75, 3.05) is 6.26 Å². The highest BCUT2D eigenvalue weighted by atomic mass is 32.2. The van der Waals surface area contributed by atoms with Gasteiger partial charge in [-0.1, -0.05) is 19.3 Å². The smallest absolute Gasteiger partial charge is 0.171 e. The van der Waals surface area contributed by atoms with Crippen LogP contribution in [-0.2, 0) is 11.2 Å². The van der Waals surface area contributed by atoms with E-state index >= 15 is 0 Å². The number of nitrogens with one attached hydrogen (secondary N) is 1. The van der Waals surface area contributed by atoms with E-state index in [1.54, 1.807) is 24.8 Å². The molecule has 0 saturated heterocycles. The van der Waals surface area contributed by atoms with Crippen molar-refractivity contribution in [3.63, 3.8) is 0 Å². The van der Waals surface area contributed by atoms with Gasteiger partial charge >= 0.3 is 0 Å². The number of pyridine rings is 2. The van der Waals surface area contributed by atoms with Crippen LogP contribution < -0.4 is 0 Å². The Bertz CT molecular complexity index is 887. The summed E-state index contributed by atoms with van der Waals surface area (Å²) in [6, 6.07) is 5.86. The van der Waals surface area contributed by atoms with E-state index in [-0.39, 0.29) is 0 Å². The quantitative estimate of drug-likeness (QED) is 0.698. The number of nitrogens with zero attached hydrogens (tertiary/aromatic N) is 3. The zero-order valence-electron chi connectivity index (χ0n) is 14.8.